The SMILES string of the molecule is C.C.C.C.C.C.C.CC(C)C1=CCN(C(C)C)C1.CC(C)C1=CCN(C(C)C)CC1.CC(C)C1CCCN(C(C)C)C1.CC(C)C1CCN(C(C)C)C1.CC(C)C1CCN(C(C)C)CC1.CC(C)c1ccn(C(C)C)c1. The smallest absolute Gasteiger partial charge is 0.0274 e. The van der Waals surface area contributed by atoms with Gasteiger partial charge in [-0.15, -0.1) is 0 Å². The van der Waals surface area contributed by atoms with Crippen LogP contribution in [0.3, 0.4) is 0 Å². The summed E-state index contributed by atoms with van der Waals surface area (Å²) in [7, 11) is 0. The Bertz CT molecular complexity index is 1410. The van der Waals surface area contributed by atoms with Gasteiger partial charge in [0, 0.05) is 87.9 Å². The Morgan fingerprint density at radius 3 is 1.04 bits per heavy atom. The third-order valence-corrected chi connectivity index (χ3v) is 16.5. The largest absolute Gasteiger partial charge is 0.352 e. The van der Waals surface area contributed by atoms with E-state index in [0.717, 1.165) is 78.6 Å². The molecule has 0 aromatic carbocycles. The summed E-state index contributed by atoms with van der Waals surface area (Å²) >= 11 is 0. The second-order valence-corrected chi connectivity index (χ2v) is 25.7. The van der Waals surface area contributed by atoms with E-state index in [1.54, 1.807) is 11.1 Å². The topological polar surface area (TPSA) is 21.1 Å². The average molecular weight is 1080 g/mol. The van der Waals surface area contributed by atoms with Gasteiger partial charge in [0.15, 0.2) is 0 Å². The summed E-state index contributed by atoms with van der Waals surface area (Å²) < 4.78 is 2.25. The lowest BCUT2D eigenvalue weighted by Gasteiger charge is -2.37. The molecule has 6 heterocycles. The minimum Gasteiger partial charge on any atom is -0.352 e. The molecule has 0 amide bonds. The lowest BCUT2D eigenvalue weighted by Crippen LogP contribution is -2.41. The first-order valence-corrected chi connectivity index (χ1v) is 29.4. The number of rotatable bonds is 12. The zero-order valence-electron chi connectivity index (χ0n) is 51.0. The normalized spacial score (nSPS) is 19.5. The fraction of sp³-hybridized carbons (Fsp3) is 0.886. The van der Waals surface area contributed by atoms with Gasteiger partial charge in [-0.1, -0.05) is 158 Å². The molecule has 76 heavy (non-hydrogen) atoms. The van der Waals surface area contributed by atoms with Crippen LogP contribution >= 0.6 is 0 Å². The van der Waals surface area contributed by atoms with Crippen molar-refractivity contribution in [3.63, 3.8) is 0 Å². The zero-order valence-corrected chi connectivity index (χ0v) is 51.0. The zero-order chi connectivity index (χ0) is 52.7. The van der Waals surface area contributed by atoms with Crippen molar-refractivity contribution in [2.45, 2.75) is 299 Å². The maximum atomic E-state index is 2.62. The molecule has 6 heteroatoms. The maximum absolute atomic E-state index is 2.62. The molecule has 0 saturated carbocycles. The number of aromatic nitrogens is 1. The van der Waals surface area contributed by atoms with Gasteiger partial charge in [0.2, 0.25) is 0 Å². The Morgan fingerprint density at radius 1 is 0.368 bits per heavy atom. The highest BCUT2D eigenvalue weighted by Gasteiger charge is 2.27. The Hall–Kier alpha value is -1.44. The molecule has 0 bridgehead atoms. The molecule has 3 saturated heterocycles. The van der Waals surface area contributed by atoms with Crippen LogP contribution in [0.1, 0.15) is 274 Å². The summed E-state index contributed by atoms with van der Waals surface area (Å²) in [5, 5.41) is 0. The van der Waals surface area contributed by atoms with E-state index in [0.29, 0.717) is 24.0 Å². The number of hydrogen-bond donors (Lipinski definition) is 0. The van der Waals surface area contributed by atoms with Crippen molar-refractivity contribution in [2.75, 3.05) is 65.4 Å². The fourth-order valence-corrected chi connectivity index (χ4v) is 10.2. The molecule has 3 fully saturated rings. The molecule has 1 aromatic heterocycles. The van der Waals surface area contributed by atoms with E-state index >= 15 is 0 Å². The van der Waals surface area contributed by atoms with E-state index in [2.05, 4.69) is 226 Å². The van der Waals surface area contributed by atoms with Gasteiger partial charge in [-0.05, 0) is 213 Å². The third-order valence-electron chi connectivity index (χ3n) is 16.5. The summed E-state index contributed by atoms with van der Waals surface area (Å²) in [6.07, 6.45) is 17.5. The van der Waals surface area contributed by atoms with Crippen molar-refractivity contribution in [2.24, 2.45) is 47.3 Å². The van der Waals surface area contributed by atoms with Crippen LogP contribution in [0.4, 0.5) is 0 Å². The van der Waals surface area contributed by atoms with E-state index in [1.807, 2.05) is 0 Å². The highest BCUT2D eigenvalue weighted by Crippen LogP contribution is 2.27. The summed E-state index contributed by atoms with van der Waals surface area (Å²) in [5.74, 6) is 7.65. The molecule has 6 rings (SSSR count). The van der Waals surface area contributed by atoms with Gasteiger partial charge >= 0.3 is 0 Å². The number of nitrogens with zero attached hydrogens (tertiary/aromatic N) is 6. The monoisotopic (exact) mass is 1080 g/mol. The van der Waals surface area contributed by atoms with Crippen molar-refractivity contribution in [1.82, 2.24) is 29.1 Å². The minimum atomic E-state index is 0. The second kappa shape index (κ2) is 46.2. The molecule has 5 aliphatic rings. The van der Waals surface area contributed by atoms with Crippen LogP contribution in [-0.2, 0) is 0 Å². The minimum absolute atomic E-state index is 0. The summed E-state index contributed by atoms with van der Waals surface area (Å²) in [6.45, 7) is 67.6. The van der Waals surface area contributed by atoms with Crippen molar-refractivity contribution >= 4 is 0 Å². The molecule has 5 aliphatic heterocycles. The molecule has 1 aromatic rings. The van der Waals surface area contributed by atoms with Crippen LogP contribution in [-0.4, -0.2) is 125 Å². The lowest BCUT2D eigenvalue weighted by atomic mass is 9.86. The van der Waals surface area contributed by atoms with Crippen LogP contribution in [0.2, 0.25) is 0 Å². The highest BCUT2D eigenvalue weighted by molar-refractivity contribution is 5.15. The fourth-order valence-electron chi connectivity index (χ4n) is 10.2. The Labute approximate surface area is 485 Å². The molecule has 462 valence electrons. The van der Waals surface area contributed by atoms with E-state index in [-0.39, 0.29) is 52.0 Å². The van der Waals surface area contributed by atoms with Crippen molar-refractivity contribution < 1.29 is 0 Å². The van der Waals surface area contributed by atoms with Gasteiger partial charge in [-0.2, -0.15) is 0 Å². The van der Waals surface area contributed by atoms with Crippen LogP contribution in [0.5, 0.6) is 0 Å². The van der Waals surface area contributed by atoms with Gasteiger partial charge < -0.3 is 19.3 Å². The van der Waals surface area contributed by atoms with Gasteiger partial charge in [-0.3, -0.25) is 9.80 Å². The van der Waals surface area contributed by atoms with Gasteiger partial charge in [0.1, 0.15) is 0 Å². The molecule has 6 nitrogen and oxygen atoms in total. The molecule has 2 unspecified atom stereocenters. The first-order valence-electron chi connectivity index (χ1n) is 29.4. The van der Waals surface area contributed by atoms with E-state index in [4.69, 9.17) is 0 Å². The standard InChI is InChI=1S/C11H23N.C11H21N.C11H23N.C10H21N.C10H19N.C10H17N.7CH4/c2*1-9(2)11-5-7-12(8-6-11)10(3)4;1-9(2)11-6-5-7-12(8-11)10(3)4;3*1-8(2)10-5-6-11(7-10)9(3)4;;;;;;;/h9-11H,5-8H2,1-4H3;5,9-10H,6-8H2,1-4H3;9-11H,5-8H2,1-4H3;8-10H,5-7H2,1-4H3;5,8-9H,6-7H2,1-4H3;5-9H,1-4H3;7*1H4. The predicted molar refractivity (Wildman–Crippen MR) is 358 cm³/mol. The maximum Gasteiger partial charge on any atom is 0.0274 e. The summed E-state index contributed by atoms with van der Waals surface area (Å²) in [4.78, 5) is 12.8. The van der Waals surface area contributed by atoms with Gasteiger partial charge in [0.25, 0.3) is 0 Å². The van der Waals surface area contributed by atoms with Crippen LogP contribution in [0.15, 0.2) is 41.8 Å². The Balaban J connectivity index is -0.000000148. The van der Waals surface area contributed by atoms with Crippen molar-refractivity contribution in [1.29, 1.82) is 0 Å². The molecule has 2 atom stereocenters. The summed E-state index contributed by atoms with van der Waals surface area (Å²) in [5.41, 5.74) is 4.68. The number of hydrogen-bond acceptors (Lipinski definition) is 5. The Morgan fingerprint density at radius 2 is 0.750 bits per heavy atom. The van der Waals surface area contributed by atoms with Crippen molar-refractivity contribution in [3.05, 3.63) is 47.3 Å². The van der Waals surface area contributed by atoms with Crippen LogP contribution in [0.25, 0.3) is 0 Å². The first kappa shape index (κ1) is 88.4. The lowest BCUT2D eigenvalue weighted by molar-refractivity contribution is 0.117. The summed E-state index contributed by atoms with van der Waals surface area (Å²) in [6, 6.07) is 6.42. The molecule has 0 spiro atoms. The van der Waals surface area contributed by atoms with Gasteiger partial charge in [0.05, 0.1) is 0 Å². The Kier molecular flexibility index (Phi) is 53.7. The van der Waals surface area contributed by atoms with E-state index in [1.165, 1.54) is 96.4 Å². The molecular weight excluding hydrogens is 925 g/mol. The predicted octanol–water partition coefficient (Wildman–Crippen LogP) is 20.5. The molecular formula is C70H152N6. The highest BCUT2D eigenvalue weighted by atomic mass is 15.2. The molecule has 0 N–H and O–H groups in total. The third kappa shape index (κ3) is 34.6. The van der Waals surface area contributed by atoms with Crippen LogP contribution in [0, 0.1) is 47.3 Å². The van der Waals surface area contributed by atoms with E-state index < -0.39 is 0 Å². The molecule has 0 aliphatic carbocycles. The molecule has 0 radical (unpaired) electrons. The number of likely N-dealkylation sites (tertiary alicyclic amines) is 3. The van der Waals surface area contributed by atoms with Gasteiger partial charge in [-0.25, -0.2) is 0 Å². The van der Waals surface area contributed by atoms with E-state index in [9.17, 15) is 0 Å². The van der Waals surface area contributed by atoms with Crippen LogP contribution < -0.4 is 0 Å². The van der Waals surface area contributed by atoms with Crippen molar-refractivity contribution in [3.8, 4) is 0 Å². The average Bonchev–Trinajstić information content (AvgIpc) is 4.11. The number of piperidine rings is 2. The quantitative estimate of drug-likeness (QED) is 0.194. The first-order chi connectivity index (χ1) is 32.2. The second-order valence-electron chi connectivity index (χ2n) is 25.7.